The Morgan fingerprint density at radius 3 is 2.76 bits per heavy atom. The number of rotatable bonds is 7. The Morgan fingerprint density at radius 1 is 1.28 bits per heavy atom. The number of nitrogens with zero attached hydrogens (tertiary/aromatic N) is 3. The summed E-state index contributed by atoms with van der Waals surface area (Å²) >= 11 is 13.0. The van der Waals surface area contributed by atoms with Crippen LogP contribution in [0.3, 0.4) is 0 Å². The molecule has 0 aliphatic heterocycles. The van der Waals surface area contributed by atoms with Gasteiger partial charge in [-0.05, 0) is 24.3 Å². The molecule has 1 N–H and O–H groups in total. The van der Waals surface area contributed by atoms with E-state index in [4.69, 9.17) is 32.4 Å². The van der Waals surface area contributed by atoms with Crippen LogP contribution in [-0.4, -0.2) is 33.9 Å². The summed E-state index contributed by atoms with van der Waals surface area (Å²) < 4.78 is 10.6. The van der Waals surface area contributed by atoms with Crippen molar-refractivity contribution in [2.45, 2.75) is 5.22 Å². The first kappa shape index (κ1) is 20.9. The molecule has 0 saturated heterocycles. The van der Waals surface area contributed by atoms with Crippen molar-refractivity contribution < 1.29 is 18.9 Å². The fourth-order valence-electron chi connectivity index (χ4n) is 2.25. The van der Waals surface area contributed by atoms with Crippen LogP contribution in [0, 0.1) is 10.1 Å². The second-order valence-corrected chi connectivity index (χ2v) is 7.25. The molecule has 0 atom stereocenters. The lowest BCUT2D eigenvalue weighted by Crippen LogP contribution is -2.14. The number of benzene rings is 2. The van der Waals surface area contributed by atoms with Crippen molar-refractivity contribution in [1.29, 1.82) is 0 Å². The average Bonchev–Trinajstić information content (AvgIpc) is 3.15. The molecule has 9 nitrogen and oxygen atoms in total. The lowest BCUT2D eigenvalue weighted by molar-refractivity contribution is -0.384. The van der Waals surface area contributed by atoms with Gasteiger partial charge in [-0.25, -0.2) is 0 Å². The van der Waals surface area contributed by atoms with Crippen molar-refractivity contribution in [1.82, 2.24) is 10.2 Å². The van der Waals surface area contributed by atoms with E-state index in [2.05, 4.69) is 15.5 Å². The van der Waals surface area contributed by atoms with Gasteiger partial charge in [0, 0.05) is 11.1 Å². The Labute approximate surface area is 178 Å². The van der Waals surface area contributed by atoms with Crippen LogP contribution in [0.5, 0.6) is 5.75 Å². The Balaban J connectivity index is 1.63. The van der Waals surface area contributed by atoms with Crippen LogP contribution in [0.1, 0.15) is 0 Å². The van der Waals surface area contributed by atoms with Gasteiger partial charge in [0.1, 0.15) is 5.75 Å². The van der Waals surface area contributed by atoms with Crippen molar-refractivity contribution in [2.75, 3.05) is 18.2 Å². The molecule has 150 valence electrons. The van der Waals surface area contributed by atoms with Gasteiger partial charge in [0.25, 0.3) is 10.9 Å². The molecule has 1 amide bonds. The van der Waals surface area contributed by atoms with Crippen LogP contribution < -0.4 is 10.1 Å². The summed E-state index contributed by atoms with van der Waals surface area (Å²) in [4.78, 5) is 22.5. The molecule has 3 rings (SSSR count). The number of thioether (sulfide) groups is 1. The summed E-state index contributed by atoms with van der Waals surface area (Å²) in [6.07, 6.45) is 0. The van der Waals surface area contributed by atoms with E-state index < -0.39 is 4.92 Å². The van der Waals surface area contributed by atoms with Crippen LogP contribution in [0.15, 0.2) is 46.0 Å². The molecule has 0 aliphatic carbocycles. The number of hydrogen-bond donors (Lipinski definition) is 1. The highest BCUT2D eigenvalue weighted by Gasteiger charge is 2.16. The fourth-order valence-corrected chi connectivity index (χ4v) is 3.30. The fraction of sp³-hybridized carbons (Fsp3) is 0.118. The molecule has 29 heavy (non-hydrogen) atoms. The highest BCUT2D eigenvalue weighted by Crippen LogP contribution is 2.32. The Kier molecular flexibility index (Phi) is 6.57. The summed E-state index contributed by atoms with van der Waals surface area (Å²) in [5.41, 5.74) is 0.687. The standard InChI is InChI=1S/C17H12Cl2N4O5S/c1-27-14-7-10(23(25)26)3-5-13(14)20-15(24)8-29-17-22-21-16(28-17)11-4-2-9(18)6-12(11)19/h2-7H,8H2,1H3,(H,20,24). The summed E-state index contributed by atoms with van der Waals surface area (Å²) in [6.45, 7) is 0. The van der Waals surface area contributed by atoms with E-state index in [1.165, 1.54) is 25.3 Å². The minimum absolute atomic E-state index is 0.0316. The maximum Gasteiger partial charge on any atom is 0.277 e. The smallest absolute Gasteiger partial charge is 0.277 e. The first-order chi connectivity index (χ1) is 13.9. The van der Waals surface area contributed by atoms with Crippen molar-refractivity contribution in [3.8, 4) is 17.2 Å². The molecular formula is C17H12Cl2N4O5S. The molecule has 0 unspecified atom stereocenters. The van der Waals surface area contributed by atoms with Gasteiger partial charge in [-0.15, -0.1) is 10.2 Å². The van der Waals surface area contributed by atoms with Crippen molar-refractivity contribution in [3.05, 3.63) is 56.6 Å². The Hall–Kier alpha value is -2.82. The number of aromatic nitrogens is 2. The van der Waals surface area contributed by atoms with Crippen molar-refractivity contribution in [3.63, 3.8) is 0 Å². The average molecular weight is 455 g/mol. The van der Waals surface area contributed by atoms with E-state index in [0.29, 0.717) is 21.3 Å². The van der Waals surface area contributed by atoms with Crippen LogP contribution in [0.4, 0.5) is 11.4 Å². The number of ether oxygens (including phenoxy) is 1. The zero-order valence-corrected chi connectivity index (χ0v) is 17.0. The van der Waals surface area contributed by atoms with Crippen LogP contribution in [0.25, 0.3) is 11.5 Å². The summed E-state index contributed by atoms with van der Waals surface area (Å²) in [7, 11) is 1.35. The van der Waals surface area contributed by atoms with Gasteiger partial charge in [0.15, 0.2) is 0 Å². The summed E-state index contributed by atoms with van der Waals surface area (Å²) in [5.74, 6) is -0.0381. The highest BCUT2D eigenvalue weighted by molar-refractivity contribution is 7.99. The molecular weight excluding hydrogens is 443 g/mol. The Morgan fingerprint density at radius 2 is 2.07 bits per heavy atom. The lowest BCUT2D eigenvalue weighted by Gasteiger charge is -2.09. The van der Waals surface area contributed by atoms with E-state index in [1.807, 2.05) is 0 Å². The second kappa shape index (κ2) is 9.12. The van der Waals surface area contributed by atoms with Crippen LogP contribution in [-0.2, 0) is 4.79 Å². The number of nitro groups is 1. The third-order valence-corrected chi connectivity index (χ3v) is 4.93. The molecule has 3 aromatic rings. The van der Waals surface area contributed by atoms with E-state index in [-0.39, 0.29) is 34.2 Å². The predicted octanol–water partition coefficient (Wildman–Crippen LogP) is 4.69. The van der Waals surface area contributed by atoms with Gasteiger partial charge < -0.3 is 14.5 Å². The number of nitrogens with one attached hydrogen (secondary N) is 1. The number of carbonyl (C=O) groups excluding carboxylic acids is 1. The number of amides is 1. The number of nitro benzene ring substituents is 1. The van der Waals surface area contributed by atoms with Crippen molar-refractivity contribution >= 4 is 52.2 Å². The molecule has 0 aliphatic rings. The first-order valence-corrected chi connectivity index (χ1v) is 9.65. The van der Waals surface area contributed by atoms with Gasteiger partial charge in [-0.2, -0.15) is 0 Å². The molecule has 12 heteroatoms. The maximum atomic E-state index is 12.2. The van der Waals surface area contributed by atoms with E-state index in [1.54, 1.807) is 18.2 Å². The third-order valence-electron chi connectivity index (χ3n) is 3.56. The third kappa shape index (κ3) is 5.17. The first-order valence-electron chi connectivity index (χ1n) is 7.91. The van der Waals surface area contributed by atoms with Gasteiger partial charge in [-0.3, -0.25) is 14.9 Å². The molecule has 0 radical (unpaired) electrons. The van der Waals surface area contributed by atoms with Crippen molar-refractivity contribution in [2.24, 2.45) is 0 Å². The second-order valence-electron chi connectivity index (χ2n) is 5.48. The number of non-ortho nitro benzene ring substituents is 1. The van der Waals surface area contributed by atoms with Crippen LogP contribution >= 0.6 is 35.0 Å². The number of methoxy groups -OCH3 is 1. The molecule has 1 aromatic heterocycles. The molecule has 0 bridgehead atoms. The number of halogens is 2. The topological polar surface area (TPSA) is 120 Å². The molecule has 0 fully saturated rings. The zero-order valence-electron chi connectivity index (χ0n) is 14.7. The predicted molar refractivity (Wildman–Crippen MR) is 109 cm³/mol. The van der Waals surface area contributed by atoms with Gasteiger partial charge >= 0.3 is 0 Å². The SMILES string of the molecule is COc1cc([N+](=O)[O-])ccc1NC(=O)CSc1nnc(-c2ccc(Cl)cc2Cl)o1. The van der Waals surface area contributed by atoms with Gasteiger partial charge in [0.2, 0.25) is 11.8 Å². The minimum atomic E-state index is -0.552. The molecule has 1 heterocycles. The van der Waals surface area contributed by atoms with E-state index in [9.17, 15) is 14.9 Å². The minimum Gasteiger partial charge on any atom is -0.494 e. The summed E-state index contributed by atoms with van der Waals surface area (Å²) in [5, 5.41) is 22.2. The number of hydrogen-bond acceptors (Lipinski definition) is 8. The van der Waals surface area contributed by atoms with Gasteiger partial charge in [-0.1, -0.05) is 35.0 Å². The number of anilines is 1. The van der Waals surface area contributed by atoms with E-state index in [0.717, 1.165) is 11.8 Å². The molecule has 2 aromatic carbocycles. The molecule has 0 spiro atoms. The van der Waals surface area contributed by atoms with Gasteiger partial charge in [0.05, 0.1) is 40.1 Å². The van der Waals surface area contributed by atoms with E-state index >= 15 is 0 Å². The maximum absolute atomic E-state index is 12.2. The largest absolute Gasteiger partial charge is 0.494 e. The Bertz CT molecular complexity index is 1080. The summed E-state index contributed by atoms with van der Waals surface area (Å²) in [6, 6.07) is 8.74. The normalized spacial score (nSPS) is 10.6. The zero-order chi connectivity index (χ0) is 21.0. The highest BCUT2D eigenvalue weighted by atomic mass is 35.5. The number of carbonyl (C=O) groups is 1. The lowest BCUT2D eigenvalue weighted by atomic mass is 10.2. The van der Waals surface area contributed by atoms with Crippen LogP contribution in [0.2, 0.25) is 10.0 Å². The quantitative estimate of drug-likeness (QED) is 0.310. The monoisotopic (exact) mass is 454 g/mol. The molecule has 0 saturated carbocycles.